The molecule has 7 heteroatoms. The molecule has 1 N–H and O–H groups in total. The molecule has 124 valence electrons. The maximum atomic E-state index is 11.7. The van der Waals surface area contributed by atoms with E-state index in [1.807, 2.05) is 49.6 Å². The third-order valence-corrected chi connectivity index (χ3v) is 3.33. The molecular weight excluding hydrogens is 324 g/mol. The maximum Gasteiger partial charge on any atom is 0.278 e. The number of aryl methyl sites for hydroxylation is 1. The second kappa shape index (κ2) is 9.46. The molecule has 24 heavy (non-hydrogen) atoms. The standard InChI is InChI=1S/C17H18N4O2S/c1-13-11-16(20-17(19-13)24-2)23-12-15(22)21-18-10-6-9-14-7-4-3-5-8-14/h3-11H,12H2,1-2H3,(H,21,22). The molecule has 0 saturated carbocycles. The summed E-state index contributed by atoms with van der Waals surface area (Å²) in [6.07, 6.45) is 7.02. The molecular formula is C17H18N4O2S. The number of carbonyl (C=O) groups is 1. The topological polar surface area (TPSA) is 76.5 Å². The van der Waals surface area contributed by atoms with Crippen molar-refractivity contribution in [3.8, 4) is 5.88 Å². The molecule has 0 bridgehead atoms. The highest BCUT2D eigenvalue weighted by molar-refractivity contribution is 7.98. The number of hydrogen-bond donors (Lipinski definition) is 1. The molecule has 0 spiro atoms. The summed E-state index contributed by atoms with van der Waals surface area (Å²) in [4.78, 5) is 20.0. The molecule has 0 aliphatic heterocycles. The number of carbonyl (C=O) groups excluding carboxylic acids is 1. The minimum Gasteiger partial charge on any atom is -0.467 e. The van der Waals surface area contributed by atoms with Crippen LogP contribution in [0.2, 0.25) is 0 Å². The molecule has 0 radical (unpaired) electrons. The van der Waals surface area contributed by atoms with Gasteiger partial charge < -0.3 is 4.74 Å². The van der Waals surface area contributed by atoms with Gasteiger partial charge in [-0.15, -0.1) is 0 Å². The van der Waals surface area contributed by atoms with Crippen LogP contribution in [0.5, 0.6) is 5.88 Å². The lowest BCUT2D eigenvalue weighted by atomic mass is 10.2. The van der Waals surface area contributed by atoms with Crippen LogP contribution in [-0.4, -0.2) is 35.0 Å². The molecule has 0 unspecified atom stereocenters. The summed E-state index contributed by atoms with van der Waals surface area (Å²) in [6.45, 7) is 1.68. The summed E-state index contributed by atoms with van der Waals surface area (Å²) in [5.74, 6) is 0.0104. The molecule has 1 heterocycles. The van der Waals surface area contributed by atoms with Crippen molar-refractivity contribution < 1.29 is 9.53 Å². The summed E-state index contributed by atoms with van der Waals surface area (Å²) in [6, 6.07) is 11.5. The van der Waals surface area contributed by atoms with E-state index in [4.69, 9.17) is 4.74 Å². The number of allylic oxidation sites excluding steroid dienone is 1. The van der Waals surface area contributed by atoms with E-state index in [0.29, 0.717) is 11.0 Å². The van der Waals surface area contributed by atoms with Gasteiger partial charge in [0.15, 0.2) is 11.8 Å². The molecule has 1 amide bonds. The molecule has 1 aromatic heterocycles. The molecule has 1 aromatic carbocycles. The van der Waals surface area contributed by atoms with Crippen molar-refractivity contribution >= 4 is 30.0 Å². The Kier molecular flexibility index (Phi) is 6.97. The number of nitrogens with zero attached hydrogens (tertiary/aromatic N) is 3. The number of amides is 1. The lowest BCUT2D eigenvalue weighted by molar-refractivity contribution is -0.123. The fourth-order valence-electron chi connectivity index (χ4n) is 1.72. The van der Waals surface area contributed by atoms with E-state index in [9.17, 15) is 4.79 Å². The number of benzene rings is 1. The minimum absolute atomic E-state index is 0.163. The second-order valence-electron chi connectivity index (χ2n) is 4.71. The van der Waals surface area contributed by atoms with E-state index in [-0.39, 0.29) is 12.5 Å². The molecule has 0 saturated heterocycles. The summed E-state index contributed by atoms with van der Waals surface area (Å²) < 4.78 is 5.35. The highest BCUT2D eigenvalue weighted by Gasteiger charge is 2.05. The van der Waals surface area contributed by atoms with Crippen LogP contribution in [0.1, 0.15) is 11.3 Å². The molecule has 0 atom stereocenters. The van der Waals surface area contributed by atoms with E-state index >= 15 is 0 Å². The van der Waals surface area contributed by atoms with Crippen molar-refractivity contribution in [2.45, 2.75) is 12.1 Å². The smallest absolute Gasteiger partial charge is 0.278 e. The second-order valence-corrected chi connectivity index (χ2v) is 5.48. The van der Waals surface area contributed by atoms with Crippen molar-refractivity contribution in [3.63, 3.8) is 0 Å². The van der Waals surface area contributed by atoms with Gasteiger partial charge in [-0.1, -0.05) is 48.2 Å². The molecule has 0 aliphatic rings. The number of hydrazone groups is 1. The lowest BCUT2D eigenvalue weighted by Crippen LogP contribution is -2.24. The summed E-state index contributed by atoms with van der Waals surface area (Å²) in [5.41, 5.74) is 4.23. The molecule has 2 rings (SSSR count). The Morgan fingerprint density at radius 1 is 1.33 bits per heavy atom. The number of ether oxygens (including phenoxy) is 1. The normalized spacial score (nSPS) is 11.1. The monoisotopic (exact) mass is 342 g/mol. The number of aromatic nitrogens is 2. The first kappa shape index (κ1) is 17.7. The first-order chi connectivity index (χ1) is 11.7. The van der Waals surface area contributed by atoms with Crippen molar-refractivity contribution in [1.82, 2.24) is 15.4 Å². The maximum absolute atomic E-state index is 11.7. The van der Waals surface area contributed by atoms with Gasteiger partial charge in [0.05, 0.1) is 0 Å². The van der Waals surface area contributed by atoms with Gasteiger partial charge in [-0.3, -0.25) is 4.79 Å². The summed E-state index contributed by atoms with van der Waals surface area (Å²) >= 11 is 1.41. The largest absolute Gasteiger partial charge is 0.467 e. The van der Waals surface area contributed by atoms with Gasteiger partial charge in [0.25, 0.3) is 5.91 Å². The Hall–Kier alpha value is -2.67. The van der Waals surface area contributed by atoms with Gasteiger partial charge in [-0.25, -0.2) is 10.4 Å². The van der Waals surface area contributed by atoms with Crippen LogP contribution in [0.4, 0.5) is 0 Å². The van der Waals surface area contributed by atoms with E-state index in [1.54, 1.807) is 12.1 Å². The van der Waals surface area contributed by atoms with Crippen LogP contribution in [0.25, 0.3) is 6.08 Å². The van der Waals surface area contributed by atoms with Crippen molar-refractivity contribution in [2.24, 2.45) is 5.10 Å². The zero-order valence-corrected chi connectivity index (χ0v) is 14.3. The molecule has 0 fully saturated rings. The Balaban J connectivity index is 1.76. The van der Waals surface area contributed by atoms with Crippen LogP contribution >= 0.6 is 11.8 Å². The van der Waals surface area contributed by atoms with Crippen LogP contribution in [-0.2, 0) is 4.79 Å². The first-order valence-corrected chi connectivity index (χ1v) is 8.46. The third kappa shape index (κ3) is 6.21. The zero-order valence-electron chi connectivity index (χ0n) is 13.5. The quantitative estimate of drug-likeness (QED) is 0.362. The molecule has 0 aliphatic carbocycles. The van der Waals surface area contributed by atoms with E-state index in [2.05, 4.69) is 20.5 Å². The Morgan fingerprint density at radius 3 is 2.88 bits per heavy atom. The van der Waals surface area contributed by atoms with E-state index in [1.165, 1.54) is 18.0 Å². The average molecular weight is 342 g/mol. The molecule has 6 nitrogen and oxygen atoms in total. The van der Waals surface area contributed by atoms with Crippen molar-refractivity contribution in [3.05, 3.63) is 53.7 Å². The first-order valence-electron chi connectivity index (χ1n) is 7.23. The highest BCUT2D eigenvalue weighted by Crippen LogP contribution is 2.15. The Labute approximate surface area is 145 Å². The number of thioether (sulfide) groups is 1. The Bertz CT molecular complexity index is 733. The number of nitrogens with one attached hydrogen (secondary N) is 1. The number of rotatable bonds is 7. The predicted octanol–water partition coefficient (Wildman–Crippen LogP) is 2.70. The van der Waals surface area contributed by atoms with E-state index < -0.39 is 0 Å². The van der Waals surface area contributed by atoms with Gasteiger partial charge in [0.1, 0.15) is 0 Å². The van der Waals surface area contributed by atoms with E-state index in [0.717, 1.165) is 11.3 Å². The Morgan fingerprint density at radius 2 is 2.12 bits per heavy atom. The van der Waals surface area contributed by atoms with Crippen LogP contribution in [0.15, 0.2) is 52.7 Å². The van der Waals surface area contributed by atoms with Gasteiger partial charge in [0, 0.05) is 18.0 Å². The summed E-state index contributed by atoms with van der Waals surface area (Å²) in [7, 11) is 0. The third-order valence-electron chi connectivity index (χ3n) is 2.78. The zero-order chi connectivity index (χ0) is 17.2. The van der Waals surface area contributed by atoms with Gasteiger partial charge in [-0.2, -0.15) is 10.1 Å². The SMILES string of the molecule is CSc1nc(C)cc(OCC(=O)NN=CC=Cc2ccccc2)n1. The fourth-order valence-corrected chi connectivity index (χ4v) is 2.14. The van der Waals surface area contributed by atoms with Crippen molar-refractivity contribution in [1.29, 1.82) is 0 Å². The van der Waals surface area contributed by atoms with Crippen LogP contribution in [0.3, 0.4) is 0 Å². The minimum atomic E-state index is -0.360. The highest BCUT2D eigenvalue weighted by atomic mass is 32.2. The lowest BCUT2D eigenvalue weighted by Gasteiger charge is -2.05. The van der Waals surface area contributed by atoms with Crippen LogP contribution in [0, 0.1) is 6.92 Å². The van der Waals surface area contributed by atoms with Crippen LogP contribution < -0.4 is 10.2 Å². The fraction of sp³-hybridized carbons (Fsp3) is 0.176. The predicted molar refractivity (Wildman–Crippen MR) is 96.2 cm³/mol. The molecule has 2 aromatic rings. The summed E-state index contributed by atoms with van der Waals surface area (Å²) in [5, 5.41) is 4.43. The van der Waals surface area contributed by atoms with Crippen molar-refractivity contribution in [2.75, 3.05) is 12.9 Å². The average Bonchev–Trinajstić information content (AvgIpc) is 2.60. The van der Waals surface area contributed by atoms with Gasteiger partial charge >= 0.3 is 0 Å². The van der Waals surface area contributed by atoms with Gasteiger partial charge in [-0.05, 0) is 24.8 Å². The van der Waals surface area contributed by atoms with Gasteiger partial charge in [0.2, 0.25) is 5.88 Å². The number of hydrogen-bond acceptors (Lipinski definition) is 6.